The monoisotopic (exact) mass is 472 g/mol. The van der Waals surface area contributed by atoms with Crippen LogP contribution in [0.5, 0.6) is 0 Å². The molecule has 9 heteroatoms. The lowest BCUT2D eigenvalue weighted by atomic mass is 10.0. The molecule has 2 atom stereocenters. The van der Waals surface area contributed by atoms with E-state index < -0.39 is 6.10 Å². The number of halogens is 2. The van der Waals surface area contributed by atoms with Crippen molar-refractivity contribution in [1.82, 2.24) is 20.5 Å². The van der Waals surface area contributed by atoms with Gasteiger partial charge in [0, 0.05) is 42.6 Å². The van der Waals surface area contributed by atoms with Gasteiger partial charge in [0.25, 0.3) is 5.91 Å². The summed E-state index contributed by atoms with van der Waals surface area (Å²) in [5.74, 6) is -0.0475. The molecule has 0 saturated carbocycles. The normalized spacial score (nSPS) is 21.1. The van der Waals surface area contributed by atoms with E-state index in [1.54, 1.807) is 11.3 Å². The van der Waals surface area contributed by atoms with E-state index in [0.717, 1.165) is 56.7 Å². The maximum atomic E-state index is 12.8. The van der Waals surface area contributed by atoms with E-state index in [1.807, 2.05) is 11.6 Å². The fraction of sp³-hybridized carbons (Fsp3) is 0.524. The van der Waals surface area contributed by atoms with Gasteiger partial charge in [0.05, 0.1) is 23.4 Å². The number of aromatic nitrogens is 1. The molecule has 0 bridgehead atoms. The molecule has 6 nitrogen and oxygen atoms in total. The third-order valence-corrected chi connectivity index (χ3v) is 6.73. The molecule has 1 fully saturated rings. The lowest BCUT2D eigenvalue weighted by Crippen LogP contribution is -2.52. The number of aliphatic hydroxyl groups is 1. The molecule has 30 heavy (non-hydrogen) atoms. The van der Waals surface area contributed by atoms with Crippen LogP contribution in [0.15, 0.2) is 23.7 Å². The first-order chi connectivity index (χ1) is 13.6. The van der Waals surface area contributed by atoms with Crippen molar-refractivity contribution in [3.63, 3.8) is 0 Å². The summed E-state index contributed by atoms with van der Waals surface area (Å²) in [4.78, 5) is 21.0. The van der Waals surface area contributed by atoms with Crippen LogP contribution < -0.4 is 10.6 Å². The molecular formula is C21H30Cl2N4O2S. The van der Waals surface area contributed by atoms with E-state index in [4.69, 9.17) is 0 Å². The Morgan fingerprint density at radius 1 is 1.40 bits per heavy atom. The molecule has 2 aliphatic heterocycles. The van der Waals surface area contributed by atoms with Crippen LogP contribution >= 0.6 is 36.2 Å². The van der Waals surface area contributed by atoms with Gasteiger partial charge in [-0.3, -0.25) is 14.7 Å². The maximum Gasteiger partial charge on any atom is 0.252 e. The molecule has 0 aliphatic carbocycles. The van der Waals surface area contributed by atoms with Crippen LogP contribution in [0.3, 0.4) is 0 Å². The minimum Gasteiger partial charge on any atom is -0.390 e. The lowest BCUT2D eigenvalue weighted by molar-refractivity contribution is 0.0764. The van der Waals surface area contributed by atoms with Gasteiger partial charge >= 0.3 is 0 Å². The molecule has 0 aromatic carbocycles. The van der Waals surface area contributed by atoms with Gasteiger partial charge in [-0.2, -0.15) is 0 Å². The van der Waals surface area contributed by atoms with Crippen molar-refractivity contribution < 1.29 is 9.90 Å². The van der Waals surface area contributed by atoms with Gasteiger partial charge in [-0.1, -0.05) is 13.0 Å². The van der Waals surface area contributed by atoms with Crippen LogP contribution in [-0.2, 0) is 25.9 Å². The van der Waals surface area contributed by atoms with Crippen molar-refractivity contribution in [1.29, 1.82) is 0 Å². The summed E-state index contributed by atoms with van der Waals surface area (Å²) in [5.41, 5.74) is 4.32. The highest BCUT2D eigenvalue weighted by Gasteiger charge is 2.28. The summed E-state index contributed by atoms with van der Waals surface area (Å²) in [7, 11) is 0. The third-order valence-electron chi connectivity index (χ3n) is 5.72. The number of hydrogen-bond donors (Lipinski definition) is 3. The molecule has 0 unspecified atom stereocenters. The Morgan fingerprint density at radius 2 is 2.23 bits per heavy atom. The maximum absolute atomic E-state index is 12.8. The largest absolute Gasteiger partial charge is 0.390 e. The first kappa shape index (κ1) is 25.0. The standard InChI is InChI=1S/C21H28N4O2S.2ClH/c1-2-14-3-4-15(23-9-14)11-25-8-6-16-17(13-28-20(16)12-25)21(27)24-18-5-7-22-10-19(18)26;;/h3-4,9,13,18-19,22,26H,2,5-8,10-12H2,1H3,(H,24,27);2*1H/t18-,19-;;/m1../s1. The molecule has 2 aromatic heterocycles. The third kappa shape index (κ3) is 5.72. The van der Waals surface area contributed by atoms with Crippen LogP contribution in [0.4, 0.5) is 0 Å². The number of pyridine rings is 1. The number of aliphatic hydroxyl groups excluding tert-OH is 1. The summed E-state index contributed by atoms with van der Waals surface area (Å²) in [5, 5.41) is 18.2. The number of nitrogens with one attached hydrogen (secondary N) is 2. The molecule has 0 spiro atoms. The predicted molar refractivity (Wildman–Crippen MR) is 125 cm³/mol. The Kier molecular flexibility index (Phi) is 9.53. The molecule has 166 valence electrons. The van der Waals surface area contributed by atoms with Gasteiger partial charge in [0.15, 0.2) is 0 Å². The number of aryl methyl sites for hydroxylation is 1. The number of carbonyl (C=O) groups excluding carboxylic acids is 1. The lowest BCUT2D eigenvalue weighted by Gasteiger charge is -2.29. The highest BCUT2D eigenvalue weighted by Crippen LogP contribution is 2.29. The van der Waals surface area contributed by atoms with Crippen molar-refractivity contribution in [2.45, 2.75) is 51.4 Å². The summed E-state index contributed by atoms with van der Waals surface area (Å²) in [6.45, 7) is 6.13. The van der Waals surface area contributed by atoms with Gasteiger partial charge in [0.2, 0.25) is 0 Å². The zero-order valence-corrected chi connectivity index (χ0v) is 19.5. The summed E-state index contributed by atoms with van der Waals surface area (Å²) in [6, 6.07) is 4.11. The fourth-order valence-corrected chi connectivity index (χ4v) is 5.07. The number of β-amino-alcohol motifs (C(OH)–C–C–N with tert-alkyl or cyclic N) is 1. The second-order valence-electron chi connectivity index (χ2n) is 7.66. The minimum atomic E-state index is -0.519. The average Bonchev–Trinajstić information content (AvgIpc) is 3.14. The van der Waals surface area contributed by atoms with E-state index in [1.165, 1.54) is 16.0 Å². The molecule has 4 rings (SSSR count). The number of hydrogen-bond acceptors (Lipinski definition) is 6. The van der Waals surface area contributed by atoms with E-state index in [2.05, 4.69) is 39.6 Å². The van der Waals surface area contributed by atoms with Crippen molar-refractivity contribution in [2.24, 2.45) is 0 Å². The summed E-state index contributed by atoms with van der Waals surface area (Å²) in [6.07, 6.45) is 4.09. The Morgan fingerprint density at radius 3 is 2.93 bits per heavy atom. The number of piperidine rings is 1. The molecule has 0 radical (unpaired) electrons. The fourth-order valence-electron chi connectivity index (χ4n) is 3.95. The molecule has 2 aliphatic rings. The molecule has 1 saturated heterocycles. The highest BCUT2D eigenvalue weighted by molar-refractivity contribution is 7.10. The van der Waals surface area contributed by atoms with E-state index >= 15 is 0 Å². The van der Waals surface area contributed by atoms with E-state index in [-0.39, 0.29) is 36.8 Å². The first-order valence-corrected chi connectivity index (χ1v) is 11.0. The van der Waals surface area contributed by atoms with E-state index in [0.29, 0.717) is 6.54 Å². The average molecular weight is 473 g/mol. The topological polar surface area (TPSA) is 77.5 Å². The number of fused-ring (bicyclic) bond motifs is 1. The minimum absolute atomic E-state index is 0. The van der Waals surface area contributed by atoms with Crippen molar-refractivity contribution >= 4 is 42.1 Å². The van der Waals surface area contributed by atoms with Gasteiger partial charge in [-0.05, 0) is 43.0 Å². The number of nitrogens with zero attached hydrogens (tertiary/aromatic N) is 2. The molecule has 2 aromatic rings. The summed E-state index contributed by atoms with van der Waals surface area (Å²) >= 11 is 1.67. The molecule has 3 N–H and O–H groups in total. The zero-order valence-electron chi connectivity index (χ0n) is 17.1. The Balaban J connectivity index is 0.00000160. The predicted octanol–water partition coefficient (Wildman–Crippen LogP) is 2.56. The quantitative estimate of drug-likeness (QED) is 0.623. The van der Waals surface area contributed by atoms with Gasteiger partial charge in [-0.25, -0.2) is 0 Å². The van der Waals surface area contributed by atoms with Crippen LogP contribution in [0.1, 0.15) is 45.4 Å². The van der Waals surface area contributed by atoms with Gasteiger partial charge in [0.1, 0.15) is 0 Å². The zero-order chi connectivity index (χ0) is 19.5. The first-order valence-electron chi connectivity index (χ1n) is 10.1. The number of carbonyl (C=O) groups is 1. The van der Waals surface area contributed by atoms with Crippen molar-refractivity contribution in [3.05, 3.63) is 51.0 Å². The Hall–Kier alpha value is -1.22. The van der Waals surface area contributed by atoms with E-state index in [9.17, 15) is 9.90 Å². The molecule has 1 amide bonds. The van der Waals surface area contributed by atoms with Crippen LogP contribution in [0.2, 0.25) is 0 Å². The number of rotatable bonds is 5. The second-order valence-corrected chi connectivity index (χ2v) is 8.63. The number of amides is 1. The van der Waals surface area contributed by atoms with Crippen LogP contribution in [-0.4, -0.2) is 52.7 Å². The van der Waals surface area contributed by atoms with Crippen molar-refractivity contribution in [3.8, 4) is 0 Å². The SMILES string of the molecule is CCc1ccc(CN2CCc3c(C(=O)N[C@@H]4CCNC[C@H]4O)csc3C2)nc1.Cl.Cl. The highest BCUT2D eigenvalue weighted by atomic mass is 35.5. The number of thiophene rings is 1. The van der Waals surface area contributed by atoms with Crippen LogP contribution in [0, 0.1) is 0 Å². The second kappa shape index (κ2) is 11.4. The van der Waals surface area contributed by atoms with Gasteiger partial charge in [-0.15, -0.1) is 36.2 Å². The summed E-state index contributed by atoms with van der Waals surface area (Å²) < 4.78 is 0. The Labute approximate surface area is 194 Å². The Bertz CT molecular complexity index is 831. The smallest absolute Gasteiger partial charge is 0.252 e. The van der Waals surface area contributed by atoms with Crippen LogP contribution in [0.25, 0.3) is 0 Å². The van der Waals surface area contributed by atoms with Gasteiger partial charge < -0.3 is 15.7 Å². The molecular weight excluding hydrogens is 443 g/mol. The molecule has 4 heterocycles. The van der Waals surface area contributed by atoms with Crippen molar-refractivity contribution in [2.75, 3.05) is 19.6 Å².